The Labute approximate surface area is 144 Å². The summed E-state index contributed by atoms with van der Waals surface area (Å²) in [5, 5.41) is 3.68. The topological polar surface area (TPSA) is 15.3 Å². The average molecular weight is 365 g/mol. The zero-order valence-corrected chi connectivity index (χ0v) is 14.2. The zero-order valence-electron chi connectivity index (χ0n) is 12.6. The molecular weight excluding hydrogens is 348 g/mol. The van der Waals surface area contributed by atoms with Gasteiger partial charge in [0.05, 0.1) is 0 Å². The molecule has 1 heterocycles. The number of halogens is 1. The van der Waals surface area contributed by atoms with Crippen molar-refractivity contribution in [3.05, 3.63) is 94.5 Å². The number of hydrogen-bond acceptors (Lipinski definition) is 2. The van der Waals surface area contributed by atoms with Crippen LogP contribution in [0.1, 0.15) is 17.3 Å². The Morgan fingerprint density at radius 1 is 0.870 bits per heavy atom. The van der Waals surface area contributed by atoms with E-state index in [1.165, 1.54) is 16.8 Å². The lowest BCUT2D eigenvalue weighted by Gasteiger charge is -2.29. The number of nitrogens with zero attached hydrogens (tertiary/aromatic N) is 1. The van der Waals surface area contributed by atoms with Gasteiger partial charge in [0, 0.05) is 22.4 Å². The zero-order chi connectivity index (χ0) is 15.6. The lowest BCUT2D eigenvalue weighted by Crippen LogP contribution is -2.27. The largest absolute Gasteiger partial charge is 0.361 e. The molecule has 0 radical (unpaired) electrons. The van der Waals surface area contributed by atoms with Gasteiger partial charge in [-0.2, -0.15) is 0 Å². The second-order valence-electron chi connectivity index (χ2n) is 5.72. The average Bonchev–Trinajstić information content (AvgIpc) is 2.94. The molecule has 0 spiro atoms. The first kappa shape index (κ1) is 14.3. The Balaban J connectivity index is 1.74. The maximum Gasteiger partial charge on any atom is 0.126 e. The van der Waals surface area contributed by atoms with Crippen LogP contribution in [-0.4, -0.2) is 0 Å². The molecule has 2 nitrogen and oxygen atoms in total. The molecule has 114 valence electrons. The quantitative estimate of drug-likeness (QED) is 0.652. The highest BCUT2D eigenvalue weighted by atomic mass is 79.9. The van der Waals surface area contributed by atoms with Crippen molar-refractivity contribution >= 4 is 27.3 Å². The van der Waals surface area contributed by atoms with Crippen LogP contribution in [-0.2, 0) is 6.54 Å². The van der Waals surface area contributed by atoms with Crippen LogP contribution in [0.4, 0.5) is 11.4 Å². The number of anilines is 2. The molecule has 0 saturated heterocycles. The molecule has 0 saturated carbocycles. The maximum atomic E-state index is 3.68. The van der Waals surface area contributed by atoms with Crippen molar-refractivity contribution < 1.29 is 0 Å². The van der Waals surface area contributed by atoms with Crippen LogP contribution < -0.4 is 10.2 Å². The molecule has 0 bridgehead atoms. The van der Waals surface area contributed by atoms with Gasteiger partial charge in [-0.05, 0) is 47.5 Å². The highest BCUT2D eigenvalue weighted by Crippen LogP contribution is 2.38. The monoisotopic (exact) mass is 364 g/mol. The summed E-state index contributed by atoms with van der Waals surface area (Å²) < 4.78 is 1.13. The summed E-state index contributed by atoms with van der Waals surface area (Å²) in [6, 6.07) is 27.5. The van der Waals surface area contributed by atoms with Gasteiger partial charge in [0.2, 0.25) is 0 Å². The van der Waals surface area contributed by atoms with Crippen LogP contribution in [0.25, 0.3) is 0 Å². The van der Waals surface area contributed by atoms with Gasteiger partial charge in [-0.3, -0.25) is 0 Å². The van der Waals surface area contributed by atoms with Gasteiger partial charge >= 0.3 is 0 Å². The first-order chi connectivity index (χ1) is 11.3. The molecule has 1 aliphatic heterocycles. The van der Waals surface area contributed by atoms with E-state index in [4.69, 9.17) is 0 Å². The molecule has 0 aliphatic carbocycles. The van der Waals surface area contributed by atoms with Crippen molar-refractivity contribution in [2.75, 3.05) is 10.2 Å². The number of fused-ring (bicyclic) bond motifs is 1. The van der Waals surface area contributed by atoms with Crippen molar-refractivity contribution in [3.63, 3.8) is 0 Å². The van der Waals surface area contributed by atoms with Gasteiger partial charge < -0.3 is 10.2 Å². The summed E-state index contributed by atoms with van der Waals surface area (Å²) in [5.74, 6) is 0. The predicted octanol–water partition coefficient (Wildman–Crippen LogP) is 5.58. The Morgan fingerprint density at radius 3 is 2.30 bits per heavy atom. The first-order valence-corrected chi connectivity index (χ1v) is 8.52. The minimum atomic E-state index is 0.142. The van der Waals surface area contributed by atoms with Crippen LogP contribution in [0.2, 0.25) is 0 Å². The van der Waals surface area contributed by atoms with Gasteiger partial charge in [0.25, 0.3) is 0 Å². The van der Waals surface area contributed by atoms with Crippen LogP contribution in [0.3, 0.4) is 0 Å². The highest BCUT2D eigenvalue weighted by Gasteiger charge is 2.30. The molecule has 1 unspecified atom stereocenters. The van der Waals surface area contributed by atoms with E-state index in [0.717, 1.165) is 16.7 Å². The van der Waals surface area contributed by atoms with Gasteiger partial charge in [-0.1, -0.05) is 58.4 Å². The summed E-state index contributed by atoms with van der Waals surface area (Å²) in [5.41, 5.74) is 5.06. The lowest BCUT2D eigenvalue weighted by atomic mass is 10.1. The number of hydrogen-bond donors (Lipinski definition) is 1. The van der Waals surface area contributed by atoms with Gasteiger partial charge in [0.15, 0.2) is 0 Å². The van der Waals surface area contributed by atoms with Crippen molar-refractivity contribution in [1.29, 1.82) is 0 Å². The van der Waals surface area contributed by atoms with Crippen molar-refractivity contribution in [3.8, 4) is 0 Å². The van der Waals surface area contributed by atoms with Crippen molar-refractivity contribution in [2.24, 2.45) is 0 Å². The Kier molecular flexibility index (Phi) is 3.80. The SMILES string of the molecule is Brc1ccc2c(c1)CN(c1ccccc1)C2Nc1ccccc1. The van der Waals surface area contributed by atoms with E-state index in [1.807, 2.05) is 6.07 Å². The standard InChI is InChI=1S/C20H17BrN2/c21-16-11-12-19-15(13-16)14-23(18-9-5-2-6-10-18)20(19)22-17-7-3-1-4-8-17/h1-13,20,22H,14H2. The Morgan fingerprint density at radius 2 is 1.57 bits per heavy atom. The van der Waals surface area contributed by atoms with E-state index in [1.54, 1.807) is 0 Å². The summed E-state index contributed by atoms with van der Waals surface area (Å²) in [6.45, 7) is 0.906. The van der Waals surface area contributed by atoms with Crippen LogP contribution in [0, 0.1) is 0 Å². The normalized spacial score (nSPS) is 16.2. The number of benzene rings is 3. The maximum absolute atomic E-state index is 3.68. The number of para-hydroxylation sites is 2. The second kappa shape index (κ2) is 6.09. The van der Waals surface area contributed by atoms with E-state index in [9.17, 15) is 0 Å². The Hall–Kier alpha value is -2.26. The minimum Gasteiger partial charge on any atom is -0.361 e. The van der Waals surface area contributed by atoms with E-state index in [-0.39, 0.29) is 6.17 Å². The van der Waals surface area contributed by atoms with Crippen LogP contribution >= 0.6 is 15.9 Å². The summed E-state index contributed by atoms with van der Waals surface area (Å²) >= 11 is 3.59. The minimum absolute atomic E-state index is 0.142. The second-order valence-corrected chi connectivity index (χ2v) is 6.64. The molecule has 3 aromatic carbocycles. The van der Waals surface area contributed by atoms with Crippen molar-refractivity contribution in [1.82, 2.24) is 0 Å². The third-order valence-corrected chi connectivity index (χ3v) is 4.71. The van der Waals surface area contributed by atoms with E-state index in [0.29, 0.717) is 0 Å². The fraction of sp³-hybridized carbons (Fsp3) is 0.100. The molecule has 0 amide bonds. The molecule has 23 heavy (non-hydrogen) atoms. The summed E-state index contributed by atoms with van der Waals surface area (Å²) in [4.78, 5) is 2.41. The molecular formula is C20H17BrN2. The van der Waals surface area contributed by atoms with Gasteiger partial charge in [-0.25, -0.2) is 0 Å². The third kappa shape index (κ3) is 2.84. The molecule has 0 aromatic heterocycles. The van der Waals surface area contributed by atoms with E-state index < -0.39 is 0 Å². The Bertz CT molecular complexity index is 802. The van der Waals surface area contributed by atoms with Gasteiger partial charge in [0.1, 0.15) is 6.17 Å². The van der Waals surface area contributed by atoms with E-state index >= 15 is 0 Å². The molecule has 3 heteroatoms. The predicted molar refractivity (Wildman–Crippen MR) is 99.6 cm³/mol. The molecule has 4 rings (SSSR count). The third-order valence-electron chi connectivity index (χ3n) is 4.22. The van der Waals surface area contributed by atoms with Crippen LogP contribution in [0.5, 0.6) is 0 Å². The lowest BCUT2D eigenvalue weighted by molar-refractivity contribution is 0.746. The number of nitrogens with one attached hydrogen (secondary N) is 1. The highest BCUT2D eigenvalue weighted by molar-refractivity contribution is 9.10. The summed E-state index contributed by atoms with van der Waals surface area (Å²) in [7, 11) is 0. The van der Waals surface area contributed by atoms with E-state index in [2.05, 4.69) is 98.9 Å². The first-order valence-electron chi connectivity index (χ1n) is 7.73. The van der Waals surface area contributed by atoms with Crippen LogP contribution in [0.15, 0.2) is 83.3 Å². The van der Waals surface area contributed by atoms with Crippen molar-refractivity contribution in [2.45, 2.75) is 12.7 Å². The fourth-order valence-electron chi connectivity index (χ4n) is 3.13. The molecule has 1 aliphatic rings. The molecule has 1 atom stereocenters. The number of rotatable bonds is 3. The molecule has 0 fully saturated rings. The fourth-order valence-corrected chi connectivity index (χ4v) is 3.54. The smallest absolute Gasteiger partial charge is 0.126 e. The summed E-state index contributed by atoms with van der Waals surface area (Å²) in [6.07, 6.45) is 0.142. The molecule has 1 N–H and O–H groups in total. The van der Waals surface area contributed by atoms with Gasteiger partial charge in [-0.15, -0.1) is 0 Å². The molecule has 3 aromatic rings.